The van der Waals surface area contributed by atoms with Crippen molar-refractivity contribution in [2.75, 3.05) is 14.2 Å². The number of rotatable bonds is 5. The van der Waals surface area contributed by atoms with Crippen LogP contribution in [0, 0.1) is 0 Å². The van der Waals surface area contributed by atoms with Gasteiger partial charge in [0.15, 0.2) is 0 Å². The average Bonchev–Trinajstić information content (AvgIpc) is 2.25. The highest BCUT2D eigenvalue weighted by Crippen LogP contribution is 2.21. The monoisotopic (exact) mass is 210 g/mol. The van der Waals surface area contributed by atoms with Crippen molar-refractivity contribution in [3.8, 4) is 11.5 Å². The fourth-order valence-electron chi connectivity index (χ4n) is 1.36. The number of nitrogens with two attached hydrogens (primary N) is 1. The van der Waals surface area contributed by atoms with Crippen molar-refractivity contribution in [3.05, 3.63) is 23.8 Å². The van der Waals surface area contributed by atoms with E-state index in [1.807, 2.05) is 18.2 Å². The molecule has 0 saturated heterocycles. The van der Waals surface area contributed by atoms with Crippen molar-refractivity contribution in [1.29, 1.82) is 0 Å². The summed E-state index contributed by atoms with van der Waals surface area (Å²) in [5.41, 5.74) is 1.22. The van der Waals surface area contributed by atoms with Gasteiger partial charge in [0.05, 0.1) is 20.3 Å². The summed E-state index contributed by atoms with van der Waals surface area (Å²) in [6, 6.07) is 6.57. The van der Waals surface area contributed by atoms with Crippen LogP contribution in [0.5, 0.6) is 11.5 Å². The first-order chi connectivity index (χ1) is 7.15. The van der Waals surface area contributed by atoms with Crippen LogP contribution in [0.3, 0.4) is 0 Å². The minimum absolute atomic E-state index is 0.599. The molecular formula is C12H20NO2+. The van der Waals surface area contributed by atoms with Gasteiger partial charge in [0, 0.05) is 11.6 Å². The largest absolute Gasteiger partial charge is 0.497 e. The van der Waals surface area contributed by atoms with E-state index in [-0.39, 0.29) is 0 Å². The van der Waals surface area contributed by atoms with Gasteiger partial charge < -0.3 is 14.8 Å². The minimum atomic E-state index is 0.599. The third-order valence-corrected chi connectivity index (χ3v) is 2.24. The van der Waals surface area contributed by atoms with Gasteiger partial charge in [0.2, 0.25) is 0 Å². The van der Waals surface area contributed by atoms with Crippen LogP contribution in [0.4, 0.5) is 0 Å². The van der Waals surface area contributed by atoms with Gasteiger partial charge in [-0.25, -0.2) is 0 Å². The van der Waals surface area contributed by atoms with E-state index in [0.29, 0.717) is 6.04 Å². The Bertz CT molecular complexity index is 288. The number of hydrogen-bond acceptors (Lipinski definition) is 2. The molecular weight excluding hydrogens is 190 g/mol. The zero-order valence-electron chi connectivity index (χ0n) is 9.91. The van der Waals surface area contributed by atoms with Gasteiger partial charge in [-0.1, -0.05) is 0 Å². The highest BCUT2D eigenvalue weighted by atomic mass is 16.5. The Morgan fingerprint density at radius 3 is 2.00 bits per heavy atom. The van der Waals surface area contributed by atoms with Crippen LogP contribution in [-0.2, 0) is 6.54 Å². The Morgan fingerprint density at radius 1 is 1.07 bits per heavy atom. The second-order valence-electron chi connectivity index (χ2n) is 3.90. The fourth-order valence-corrected chi connectivity index (χ4v) is 1.36. The van der Waals surface area contributed by atoms with Crippen LogP contribution in [0.25, 0.3) is 0 Å². The first-order valence-electron chi connectivity index (χ1n) is 5.21. The van der Waals surface area contributed by atoms with E-state index >= 15 is 0 Å². The molecule has 0 atom stereocenters. The van der Waals surface area contributed by atoms with Crippen molar-refractivity contribution in [2.45, 2.75) is 26.4 Å². The molecule has 15 heavy (non-hydrogen) atoms. The molecule has 0 aliphatic rings. The van der Waals surface area contributed by atoms with E-state index in [1.54, 1.807) is 14.2 Å². The maximum Gasteiger partial charge on any atom is 0.123 e. The van der Waals surface area contributed by atoms with Crippen molar-refractivity contribution in [1.82, 2.24) is 0 Å². The van der Waals surface area contributed by atoms with Gasteiger partial charge >= 0.3 is 0 Å². The molecule has 1 aromatic rings. The van der Waals surface area contributed by atoms with E-state index in [2.05, 4.69) is 19.2 Å². The maximum absolute atomic E-state index is 5.21. The van der Waals surface area contributed by atoms with E-state index in [4.69, 9.17) is 9.47 Å². The standard InChI is InChI=1S/C12H19NO2/c1-9(2)13-8-10-5-11(14-3)7-12(6-10)15-4/h5-7,9,13H,8H2,1-4H3/p+1. The Morgan fingerprint density at radius 2 is 1.60 bits per heavy atom. The summed E-state index contributed by atoms with van der Waals surface area (Å²) in [5, 5.41) is 2.27. The second-order valence-corrected chi connectivity index (χ2v) is 3.90. The Balaban J connectivity index is 2.77. The predicted molar refractivity (Wildman–Crippen MR) is 60.3 cm³/mol. The fraction of sp³-hybridized carbons (Fsp3) is 0.500. The first-order valence-corrected chi connectivity index (χ1v) is 5.21. The average molecular weight is 210 g/mol. The normalized spacial score (nSPS) is 10.5. The highest BCUT2D eigenvalue weighted by molar-refractivity contribution is 5.37. The molecule has 0 saturated carbocycles. The topological polar surface area (TPSA) is 35.1 Å². The summed E-state index contributed by atoms with van der Waals surface area (Å²) >= 11 is 0. The maximum atomic E-state index is 5.21. The number of benzene rings is 1. The molecule has 0 bridgehead atoms. The van der Waals surface area contributed by atoms with E-state index < -0.39 is 0 Å². The third kappa shape index (κ3) is 3.80. The lowest BCUT2D eigenvalue weighted by molar-refractivity contribution is -0.698. The molecule has 0 unspecified atom stereocenters. The molecule has 3 nitrogen and oxygen atoms in total. The number of hydrogen-bond donors (Lipinski definition) is 1. The zero-order valence-corrected chi connectivity index (χ0v) is 9.91. The second kappa shape index (κ2) is 5.61. The van der Waals surface area contributed by atoms with Crippen LogP contribution in [0.2, 0.25) is 0 Å². The van der Waals surface area contributed by atoms with E-state index in [1.165, 1.54) is 5.56 Å². The summed E-state index contributed by atoms with van der Waals surface area (Å²) in [5.74, 6) is 1.70. The lowest BCUT2D eigenvalue weighted by Gasteiger charge is -2.09. The van der Waals surface area contributed by atoms with E-state index in [0.717, 1.165) is 18.0 Å². The Labute approximate surface area is 91.4 Å². The van der Waals surface area contributed by atoms with Crippen LogP contribution in [-0.4, -0.2) is 20.3 Å². The number of ether oxygens (including phenoxy) is 2. The first kappa shape index (κ1) is 11.9. The van der Waals surface area contributed by atoms with E-state index in [9.17, 15) is 0 Å². The van der Waals surface area contributed by atoms with Crippen molar-refractivity contribution >= 4 is 0 Å². The molecule has 0 fully saturated rings. The van der Waals surface area contributed by atoms with Crippen LogP contribution in [0.1, 0.15) is 19.4 Å². The smallest absolute Gasteiger partial charge is 0.123 e. The van der Waals surface area contributed by atoms with Gasteiger partial charge in [-0.3, -0.25) is 0 Å². The van der Waals surface area contributed by atoms with Gasteiger partial charge in [-0.15, -0.1) is 0 Å². The van der Waals surface area contributed by atoms with Crippen LogP contribution in [0.15, 0.2) is 18.2 Å². The van der Waals surface area contributed by atoms with Gasteiger partial charge in [-0.2, -0.15) is 0 Å². The molecule has 84 valence electrons. The molecule has 1 rings (SSSR count). The zero-order chi connectivity index (χ0) is 11.3. The number of quaternary nitrogens is 1. The van der Waals surface area contributed by atoms with Gasteiger partial charge in [-0.05, 0) is 26.0 Å². The molecule has 0 aliphatic heterocycles. The third-order valence-electron chi connectivity index (χ3n) is 2.24. The quantitative estimate of drug-likeness (QED) is 0.792. The SMILES string of the molecule is COc1cc(C[NH2+]C(C)C)cc(OC)c1. The van der Waals surface area contributed by atoms with Crippen LogP contribution < -0.4 is 14.8 Å². The molecule has 0 spiro atoms. The lowest BCUT2D eigenvalue weighted by atomic mass is 10.2. The molecule has 1 aromatic carbocycles. The van der Waals surface area contributed by atoms with Gasteiger partial charge in [0.25, 0.3) is 0 Å². The van der Waals surface area contributed by atoms with Crippen molar-refractivity contribution in [3.63, 3.8) is 0 Å². The highest BCUT2D eigenvalue weighted by Gasteiger charge is 2.04. The molecule has 0 aliphatic carbocycles. The summed E-state index contributed by atoms with van der Waals surface area (Å²) in [4.78, 5) is 0. The Hall–Kier alpha value is -1.22. The van der Waals surface area contributed by atoms with Crippen LogP contribution >= 0.6 is 0 Å². The summed E-state index contributed by atoms with van der Waals surface area (Å²) in [7, 11) is 3.34. The molecule has 0 heterocycles. The van der Waals surface area contributed by atoms with Gasteiger partial charge in [0.1, 0.15) is 18.0 Å². The van der Waals surface area contributed by atoms with Crippen molar-refractivity contribution in [2.24, 2.45) is 0 Å². The molecule has 0 radical (unpaired) electrons. The minimum Gasteiger partial charge on any atom is -0.497 e. The summed E-state index contributed by atoms with van der Waals surface area (Å²) < 4.78 is 10.4. The lowest BCUT2D eigenvalue weighted by Crippen LogP contribution is -2.86. The molecule has 0 aromatic heterocycles. The molecule has 0 amide bonds. The molecule has 3 heteroatoms. The number of methoxy groups -OCH3 is 2. The summed E-state index contributed by atoms with van der Waals surface area (Å²) in [6.45, 7) is 5.31. The summed E-state index contributed by atoms with van der Waals surface area (Å²) in [6.07, 6.45) is 0. The Kier molecular flexibility index (Phi) is 4.43. The van der Waals surface area contributed by atoms with Crippen molar-refractivity contribution < 1.29 is 14.8 Å². The predicted octanol–water partition coefficient (Wildman–Crippen LogP) is 1.18. The molecule has 2 N–H and O–H groups in total.